The highest BCUT2D eigenvalue weighted by molar-refractivity contribution is 5.84. The van der Waals surface area contributed by atoms with Gasteiger partial charge >= 0.3 is 0 Å². The quantitative estimate of drug-likeness (QED) is 0.572. The van der Waals surface area contributed by atoms with E-state index in [2.05, 4.69) is 15.8 Å². The van der Waals surface area contributed by atoms with Crippen molar-refractivity contribution in [3.05, 3.63) is 53.6 Å². The first-order valence-electron chi connectivity index (χ1n) is 8.05. The van der Waals surface area contributed by atoms with Crippen LogP contribution in [0.5, 0.6) is 11.5 Å². The molecule has 2 aromatic rings. The Bertz CT molecular complexity index is 727. The summed E-state index contributed by atoms with van der Waals surface area (Å²) in [5.41, 5.74) is 5.35. The Hall–Kier alpha value is -3.02. The molecular weight excluding hydrogens is 318 g/mol. The summed E-state index contributed by atoms with van der Waals surface area (Å²) in [6.45, 7) is 4.64. The van der Waals surface area contributed by atoms with Crippen LogP contribution in [0.25, 0.3) is 0 Å². The van der Waals surface area contributed by atoms with Gasteiger partial charge in [-0.05, 0) is 49.7 Å². The summed E-state index contributed by atoms with van der Waals surface area (Å²) >= 11 is 0. The molecule has 1 amide bonds. The van der Waals surface area contributed by atoms with Gasteiger partial charge in [-0.1, -0.05) is 17.7 Å². The second-order valence-corrected chi connectivity index (χ2v) is 5.36. The molecule has 0 aromatic heterocycles. The lowest BCUT2D eigenvalue weighted by Gasteiger charge is -2.09. The predicted octanol–water partition coefficient (Wildman–Crippen LogP) is 2.96. The summed E-state index contributed by atoms with van der Waals surface area (Å²) in [4.78, 5) is 11.8. The van der Waals surface area contributed by atoms with E-state index >= 15 is 0 Å². The van der Waals surface area contributed by atoms with Crippen LogP contribution in [0.3, 0.4) is 0 Å². The van der Waals surface area contributed by atoms with Crippen molar-refractivity contribution in [1.82, 2.24) is 5.43 Å². The monoisotopic (exact) mass is 341 g/mol. The molecule has 0 saturated carbocycles. The number of ether oxygens (including phenoxy) is 2. The van der Waals surface area contributed by atoms with Crippen LogP contribution in [0.15, 0.2) is 47.6 Å². The number of rotatable bonds is 8. The molecule has 2 aromatic carbocycles. The highest BCUT2D eigenvalue weighted by atomic mass is 16.5. The summed E-state index contributed by atoms with van der Waals surface area (Å²) in [7, 11) is 1.58. The molecule has 0 atom stereocenters. The number of carbonyl (C=O) groups excluding carboxylic acids is 1. The first-order chi connectivity index (χ1) is 12.1. The van der Waals surface area contributed by atoms with Crippen LogP contribution in [0, 0.1) is 6.92 Å². The lowest BCUT2D eigenvalue weighted by molar-refractivity contribution is -0.119. The molecule has 2 rings (SSSR count). The molecular formula is C19H23N3O3. The average Bonchev–Trinajstić information content (AvgIpc) is 2.62. The molecule has 132 valence electrons. The number of anilines is 1. The largest absolute Gasteiger partial charge is 0.493 e. The van der Waals surface area contributed by atoms with E-state index in [-0.39, 0.29) is 12.5 Å². The normalized spacial score (nSPS) is 10.5. The van der Waals surface area contributed by atoms with Crippen molar-refractivity contribution >= 4 is 17.8 Å². The van der Waals surface area contributed by atoms with E-state index in [0.29, 0.717) is 18.1 Å². The maximum Gasteiger partial charge on any atom is 0.259 e. The van der Waals surface area contributed by atoms with Gasteiger partial charge in [0.25, 0.3) is 5.91 Å². The fraction of sp³-hybridized carbons (Fsp3) is 0.263. The Morgan fingerprint density at radius 2 is 1.92 bits per heavy atom. The van der Waals surface area contributed by atoms with Gasteiger partial charge in [-0.2, -0.15) is 5.10 Å². The number of benzene rings is 2. The molecule has 0 heterocycles. The van der Waals surface area contributed by atoms with E-state index in [1.165, 1.54) is 5.56 Å². The van der Waals surface area contributed by atoms with E-state index in [9.17, 15) is 4.79 Å². The van der Waals surface area contributed by atoms with Gasteiger partial charge in [-0.25, -0.2) is 5.43 Å². The molecule has 0 spiro atoms. The van der Waals surface area contributed by atoms with Gasteiger partial charge < -0.3 is 14.8 Å². The first kappa shape index (κ1) is 18.3. The topological polar surface area (TPSA) is 72.0 Å². The van der Waals surface area contributed by atoms with E-state index in [1.54, 1.807) is 19.4 Å². The summed E-state index contributed by atoms with van der Waals surface area (Å²) < 4.78 is 10.7. The Labute approximate surface area is 147 Å². The predicted molar refractivity (Wildman–Crippen MR) is 99.6 cm³/mol. The fourth-order valence-electron chi connectivity index (χ4n) is 2.11. The molecule has 6 heteroatoms. The van der Waals surface area contributed by atoms with Crippen LogP contribution in [0.2, 0.25) is 0 Å². The molecule has 2 N–H and O–H groups in total. The van der Waals surface area contributed by atoms with Crippen LogP contribution in [-0.4, -0.2) is 32.4 Å². The summed E-state index contributed by atoms with van der Waals surface area (Å²) in [6, 6.07) is 13.3. The lowest BCUT2D eigenvalue weighted by Crippen LogP contribution is -2.25. The van der Waals surface area contributed by atoms with Crippen LogP contribution in [-0.2, 0) is 4.79 Å². The highest BCUT2D eigenvalue weighted by Crippen LogP contribution is 2.27. The van der Waals surface area contributed by atoms with Crippen molar-refractivity contribution in [2.24, 2.45) is 5.10 Å². The molecule has 0 unspecified atom stereocenters. The molecule has 0 aliphatic carbocycles. The zero-order chi connectivity index (χ0) is 18.1. The molecule has 0 fully saturated rings. The van der Waals surface area contributed by atoms with Gasteiger partial charge in [-0.15, -0.1) is 0 Å². The van der Waals surface area contributed by atoms with Crippen molar-refractivity contribution in [1.29, 1.82) is 0 Å². The zero-order valence-electron chi connectivity index (χ0n) is 14.7. The number of nitrogens with one attached hydrogen (secondary N) is 2. The smallest absolute Gasteiger partial charge is 0.259 e. The van der Waals surface area contributed by atoms with E-state index in [0.717, 1.165) is 11.3 Å². The maximum atomic E-state index is 11.8. The third-order valence-corrected chi connectivity index (χ3v) is 3.40. The van der Waals surface area contributed by atoms with E-state index in [1.807, 2.05) is 50.2 Å². The second kappa shape index (κ2) is 9.32. The van der Waals surface area contributed by atoms with Crippen molar-refractivity contribution in [3.8, 4) is 11.5 Å². The Morgan fingerprint density at radius 1 is 1.16 bits per heavy atom. The number of hydrogen-bond donors (Lipinski definition) is 2. The number of aryl methyl sites for hydroxylation is 1. The SMILES string of the molecule is CCOc1ccc(/C=N\NC(=O)CNc2ccc(C)cc2)cc1OC. The number of nitrogens with zero attached hydrogens (tertiary/aromatic N) is 1. The molecule has 0 aliphatic rings. The number of hydrogen-bond acceptors (Lipinski definition) is 5. The van der Waals surface area contributed by atoms with Crippen molar-refractivity contribution in [3.63, 3.8) is 0 Å². The van der Waals surface area contributed by atoms with E-state index in [4.69, 9.17) is 9.47 Å². The third-order valence-electron chi connectivity index (χ3n) is 3.40. The van der Waals surface area contributed by atoms with Gasteiger partial charge in [-0.3, -0.25) is 4.79 Å². The summed E-state index contributed by atoms with van der Waals surface area (Å²) in [6.07, 6.45) is 1.56. The number of carbonyl (C=O) groups is 1. The molecule has 0 saturated heterocycles. The highest BCUT2D eigenvalue weighted by Gasteiger charge is 2.04. The van der Waals surface area contributed by atoms with Gasteiger partial charge in [0.1, 0.15) is 0 Å². The maximum absolute atomic E-state index is 11.8. The van der Waals surface area contributed by atoms with Crippen molar-refractivity contribution in [2.45, 2.75) is 13.8 Å². The van der Waals surface area contributed by atoms with Gasteiger partial charge in [0.15, 0.2) is 11.5 Å². The second-order valence-electron chi connectivity index (χ2n) is 5.36. The zero-order valence-corrected chi connectivity index (χ0v) is 14.7. The minimum Gasteiger partial charge on any atom is -0.493 e. The minimum atomic E-state index is -0.227. The van der Waals surface area contributed by atoms with Crippen molar-refractivity contribution in [2.75, 3.05) is 25.6 Å². The van der Waals surface area contributed by atoms with Crippen molar-refractivity contribution < 1.29 is 14.3 Å². The molecule has 0 bridgehead atoms. The fourth-order valence-corrected chi connectivity index (χ4v) is 2.11. The summed E-state index contributed by atoms with van der Waals surface area (Å²) in [5, 5.41) is 7.00. The molecule has 25 heavy (non-hydrogen) atoms. The lowest BCUT2D eigenvalue weighted by atomic mass is 10.2. The van der Waals surface area contributed by atoms with Crippen LogP contribution in [0.4, 0.5) is 5.69 Å². The van der Waals surface area contributed by atoms with Crippen LogP contribution >= 0.6 is 0 Å². The minimum absolute atomic E-state index is 0.146. The van der Waals surface area contributed by atoms with Crippen LogP contribution < -0.4 is 20.2 Å². The average molecular weight is 341 g/mol. The third kappa shape index (κ3) is 5.84. The molecule has 0 aliphatic heterocycles. The van der Waals surface area contributed by atoms with Gasteiger partial charge in [0, 0.05) is 5.69 Å². The summed E-state index contributed by atoms with van der Waals surface area (Å²) in [5.74, 6) is 1.07. The van der Waals surface area contributed by atoms with Crippen LogP contribution in [0.1, 0.15) is 18.1 Å². The molecule has 6 nitrogen and oxygen atoms in total. The van der Waals surface area contributed by atoms with Gasteiger partial charge in [0.05, 0.1) is 26.5 Å². The number of amides is 1. The van der Waals surface area contributed by atoms with Gasteiger partial charge in [0.2, 0.25) is 0 Å². The van der Waals surface area contributed by atoms with E-state index < -0.39 is 0 Å². The Morgan fingerprint density at radius 3 is 2.60 bits per heavy atom. The standard InChI is InChI=1S/C19H23N3O3/c1-4-25-17-10-7-15(11-18(17)24-3)12-21-22-19(23)13-20-16-8-5-14(2)6-9-16/h5-12,20H,4,13H2,1-3H3,(H,22,23)/b21-12-. The Kier molecular flexibility index (Phi) is 6.83. The first-order valence-corrected chi connectivity index (χ1v) is 8.05. The number of hydrazone groups is 1. The Balaban J connectivity index is 1.85. The number of methoxy groups -OCH3 is 1. The molecule has 0 radical (unpaired) electrons.